The molecule has 14 heavy (non-hydrogen) atoms. The lowest BCUT2D eigenvalue weighted by atomic mass is 10.1. The summed E-state index contributed by atoms with van der Waals surface area (Å²) in [5, 5.41) is 12.4. The molecular weight excluding hydrogens is 246 g/mol. The van der Waals surface area contributed by atoms with Gasteiger partial charge in [0.15, 0.2) is 0 Å². The number of halogens is 1. The molecule has 2 rings (SSSR count). The molecule has 0 saturated heterocycles. The Hall–Kier alpha value is -1.42. The molecule has 2 aromatic carbocycles. The van der Waals surface area contributed by atoms with E-state index < -0.39 is 0 Å². The molecule has 0 amide bonds. The highest BCUT2D eigenvalue weighted by atomic mass is 79.9. The minimum absolute atomic E-state index is 0.125. The van der Waals surface area contributed by atoms with Crippen molar-refractivity contribution >= 4 is 32.4 Å². The Morgan fingerprint density at radius 2 is 1.71 bits per heavy atom. The Labute approximate surface area is 88.6 Å². The summed E-state index contributed by atoms with van der Waals surface area (Å²) in [6.45, 7) is 0. The molecule has 0 fully saturated rings. The van der Waals surface area contributed by atoms with Gasteiger partial charge in [0.25, 0.3) is 5.69 Å². The molecule has 0 heterocycles. The van der Waals surface area contributed by atoms with E-state index in [1.165, 1.54) is 6.07 Å². The van der Waals surface area contributed by atoms with Crippen molar-refractivity contribution in [1.29, 1.82) is 0 Å². The van der Waals surface area contributed by atoms with E-state index in [2.05, 4.69) is 15.9 Å². The molecule has 0 spiro atoms. The molecular formula is C10H6BrNO2. The summed E-state index contributed by atoms with van der Waals surface area (Å²) in [6, 6.07) is 10.5. The van der Waals surface area contributed by atoms with Crippen molar-refractivity contribution in [2.45, 2.75) is 0 Å². The van der Waals surface area contributed by atoms with Gasteiger partial charge in [0.1, 0.15) is 0 Å². The van der Waals surface area contributed by atoms with Crippen molar-refractivity contribution in [3.63, 3.8) is 0 Å². The highest BCUT2D eigenvalue weighted by molar-refractivity contribution is 9.10. The molecule has 0 unspecified atom stereocenters. The Morgan fingerprint density at radius 3 is 2.43 bits per heavy atom. The van der Waals surface area contributed by atoms with Crippen molar-refractivity contribution in [3.8, 4) is 0 Å². The summed E-state index contributed by atoms with van der Waals surface area (Å²) in [7, 11) is 0. The molecule has 0 radical (unpaired) electrons. The van der Waals surface area contributed by atoms with Gasteiger partial charge in [-0.2, -0.15) is 0 Å². The van der Waals surface area contributed by atoms with Crippen LogP contribution in [0.5, 0.6) is 0 Å². The van der Waals surface area contributed by atoms with Gasteiger partial charge in [0, 0.05) is 16.6 Å². The number of benzene rings is 2. The summed E-state index contributed by atoms with van der Waals surface area (Å²) in [5.74, 6) is 0. The fourth-order valence-corrected chi connectivity index (χ4v) is 1.70. The van der Waals surface area contributed by atoms with Crippen LogP contribution >= 0.6 is 15.9 Å². The van der Waals surface area contributed by atoms with Crippen molar-refractivity contribution in [2.24, 2.45) is 0 Å². The average Bonchev–Trinajstić information content (AvgIpc) is 2.16. The molecule has 4 heteroatoms. The minimum atomic E-state index is -0.387. The van der Waals surface area contributed by atoms with Crippen LogP contribution < -0.4 is 0 Å². The second-order valence-electron chi connectivity index (χ2n) is 2.93. The van der Waals surface area contributed by atoms with Gasteiger partial charge in [-0.3, -0.25) is 10.1 Å². The highest BCUT2D eigenvalue weighted by Crippen LogP contribution is 2.23. The van der Waals surface area contributed by atoms with Gasteiger partial charge in [-0.25, -0.2) is 0 Å². The van der Waals surface area contributed by atoms with Crippen molar-refractivity contribution in [1.82, 2.24) is 0 Å². The number of hydrogen-bond acceptors (Lipinski definition) is 2. The lowest BCUT2D eigenvalue weighted by Gasteiger charge is -1.98. The van der Waals surface area contributed by atoms with Gasteiger partial charge in [0.2, 0.25) is 0 Å². The zero-order valence-corrected chi connectivity index (χ0v) is 8.69. The molecule has 0 aliphatic heterocycles. The molecule has 0 atom stereocenters. The Bertz CT molecular complexity index is 510. The van der Waals surface area contributed by atoms with Gasteiger partial charge < -0.3 is 0 Å². The van der Waals surface area contributed by atoms with Gasteiger partial charge in [-0.05, 0) is 29.0 Å². The fourth-order valence-electron chi connectivity index (χ4n) is 1.32. The van der Waals surface area contributed by atoms with Crippen molar-refractivity contribution in [2.75, 3.05) is 0 Å². The number of hydrogen-bond donors (Lipinski definition) is 0. The summed E-state index contributed by atoms with van der Waals surface area (Å²) in [4.78, 5) is 10.1. The van der Waals surface area contributed by atoms with E-state index in [0.29, 0.717) is 0 Å². The predicted octanol–water partition coefficient (Wildman–Crippen LogP) is 3.51. The van der Waals surface area contributed by atoms with Crippen LogP contribution in [-0.2, 0) is 0 Å². The third-order valence-corrected chi connectivity index (χ3v) is 2.49. The third kappa shape index (κ3) is 1.61. The summed E-state index contributed by atoms with van der Waals surface area (Å²) >= 11 is 3.35. The second kappa shape index (κ2) is 3.38. The normalized spacial score (nSPS) is 10.4. The second-order valence-corrected chi connectivity index (χ2v) is 3.85. The van der Waals surface area contributed by atoms with E-state index in [-0.39, 0.29) is 10.6 Å². The first-order valence-corrected chi connectivity index (χ1v) is 4.80. The summed E-state index contributed by atoms with van der Waals surface area (Å²) in [5.41, 5.74) is 0.125. The molecule has 0 aliphatic rings. The van der Waals surface area contributed by atoms with E-state index in [0.717, 1.165) is 15.2 Å². The van der Waals surface area contributed by atoms with Crippen LogP contribution in [0.1, 0.15) is 0 Å². The molecule has 0 bridgehead atoms. The number of nitrogens with zero attached hydrogens (tertiary/aromatic N) is 1. The molecule has 0 aromatic heterocycles. The summed E-state index contributed by atoms with van der Waals surface area (Å²) < 4.78 is 0.971. The number of nitro benzene ring substituents is 1. The average molecular weight is 252 g/mol. The number of rotatable bonds is 1. The first-order chi connectivity index (χ1) is 6.66. The van der Waals surface area contributed by atoms with Crippen LogP contribution in [0.15, 0.2) is 40.9 Å². The third-order valence-electron chi connectivity index (χ3n) is 2.00. The first-order valence-electron chi connectivity index (χ1n) is 4.00. The first kappa shape index (κ1) is 9.15. The molecule has 0 aliphatic carbocycles. The maximum absolute atomic E-state index is 10.5. The van der Waals surface area contributed by atoms with Crippen LogP contribution in [0.2, 0.25) is 0 Å². The van der Waals surface area contributed by atoms with E-state index >= 15 is 0 Å². The van der Waals surface area contributed by atoms with E-state index in [1.807, 2.05) is 18.2 Å². The van der Waals surface area contributed by atoms with Gasteiger partial charge in [-0.1, -0.05) is 22.0 Å². The highest BCUT2D eigenvalue weighted by Gasteiger charge is 2.05. The largest absolute Gasteiger partial charge is 0.270 e. The Kier molecular flexibility index (Phi) is 2.21. The van der Waals surface area contributed by atoms with Crippen LogP contribution in [0.25, 0.3) is 10.8 Å². The van der Waals surface area contributed by atoms with Crippen LogP contribution in [0.3, 0.4) is 0 Å². The molecule has 0 saturated carbocycles. The number of non-ortho nitro benzene ring substituents is 1. The van der Waals surface area contributed by atoms with Crippen LogP contribution in [-0.4, -0.2) is 4.92 Å². The quantitative estimate of drug-likeness (QED) is 0.575. The molecule has 70 valence electrons. The monoisotopic (exact) mass is 251 g/mol. The standard InChI is InChI=1S/C10H6BrNO2/c11-9-3-1-8-6-10(12(13)14)4-2-7(8)5-9/h1-6H. The maximum atomic E-state index is 10.5. The smallest absolute Gasteiger partial charge is 0.258 e. The topological polar surface area (TPSA) is 43.1 Å². The Balaban J connectivity index is 2.67. The lowest BCUT2D eigenvalue weighted by molar-refractivity contribution is -0.384. The van der Waals surface area contributed by atoms with E-state index in [9.17, 15) is 10.1 Å². The minimum Gasteiger partial charge on any atom is -0.258 e. The number of nitro groups is 1. The van der Waals surface area contributed by atoms with Crippen LogP contribution in [0.4, 0.5) is 5.69 Å². The number of fused-ring (bicyclic) bond motifs is 1. The van der Waals surface area contributed by atoms with Gasteiger partial charge in [-0.15, -0.1) is 0 Å². The van der Waals surface area contributed by atoms with E-state index in [1.54, 1.807) is 12.1 Å². The summed E-state index contributed by atoms with van der Waals surface area (Å²) in [6.07, 6.45) is 0. The van der Waals surface area contributed by atoms with Crippen molar-refractivity contribution < 1.29 is 4.92 Å². The molecule has 0 N–H and O–H groups in total. The fraction of sp³-hybridized carbons (Fsp3) is 0. The lowest BCUT2D eigenvalue weighted by Crippen LogP contribution is -1.86. The molecule has 3 nitrogen and oxygen atoms in total. The van der Waals surface area contributed by atoms with Crippen LogP contribution in [0, 0.1) is 10.1 Å². The van der Waals surface area contributed by atoms with Crippen molar-refractivity contribution in [3.05, 3.63) is 51.0 Å². The zero-order valence-electron chi connectivity index (χ0n) is 7.11. The van der Waals surface area contributed by atoms with Gasteiger partial charge >= 0.3 is 0 Å². The predicted molar refractivity (Wildman–Crippen MR) is 58.3 cm³/mol. The molecule has 2 aromatic rings. The maximum Gasteiger partial charge on any atom is 0.270 e. The zero-order chi connectivity index (χ0) is 10.1. The van der Waals surface area contributed by atoms with E-state index in [4.69, 9.17) is 0 Å². The van der Waals surface area contributed by atoms with Gasteiger partial charge in [0.05, 0.1) is 4.92 Å². The Morgan fingerprint density at radius 1 is 1.07 bits per heavy atom. The SMILES string of the molecule is O=[N+]([O-])c1ccc2cc(Br)ccc2c1.